The number of thioether (sulfide) groups is 1. The number of rotatable bonds is 4. The van der Waals surface area contributed by atoms with Crippen LogP contribution in [0.1, 0.15) is 20.3 Å². The summed E-state index contributed by atoms with van der Waals surface area (Å²) in [6.45, 7) is 4.37. The Morgan fingerprint density at radius 2 is 1.86 bits per heavy atom. The first-order chi connectivity index (χ1) is 9.91. The van der Waals surface area contributed by atoms with Gasteiger partial charge in [0.1, 0.15) is 11.3 Å². The molecule has 5 heteroatoms. The first kappa shape index (κ1) is 16.0. The van der Waals surface area contributed by atoms with Crippen LogP contribution in [0.2, 0.25) is 0 Å². The van der Waals surface area contributed by atoms with E-state index in [9.17, 15) is 4.79 Å². The SMILES string of the molecule is COC(=O)C1(Nc2ccc(OC)cc2)CSCC(C)(C)C1. The number of anilines is 1. The third-order valence-corrected chi connectivity index (χ3v) is 5.35. The van der Waals surface area contributed by atoms with E-state index in [2.05, 4.69) is 19.2 Å². The van der Waals surface area contributed by atoms with Gasteiger partial charge in [0.15, 0.2) is 0 Å². The van der Waals surface area contributed by atoms with E-state index in [4.69, 9.17) is 9.47 Å². The van der Waals surface area contributed by atoms with Gasteiger partial charge in [0.05, 0.1) is 14.2 Å². The molecule has 0 amide bonds. The molecule has 1 unspecified atom stereocenters. The molecule has 1 aliphatic heterocycles. The molecule has 1 aliphatic rings. The first-order valence-corrected chi connectivity index (χ1v) is 8.15. The van der Waals surface area contributed by atoms with Gasteiger partial charge in [0, 0.05) is 11.4 Å². The number of nitrogens with one attached hydrogen (secondary N) is 1. The van der Waals surface area contributed by atoms with Crippen LogP contribution in [0.15, 0.2) is 24.3 Å². The van der Waals surface area contributed by atoms with E-state index in [0.29, 0.717) is 0 Å². The molecule has 1 N–H and O–H groups in total. The number of carbonyl (C=O) groups excluding carboxylic acids is 1. The molecule has 1 aromatic rings. The molecule has 4 nitrogen and oxygen atoms in total. The standard InChI is InChI=1S/C16H23NO3S/c1-15(2)9-16(11-21-10-15,14(18)20-4)17-12-5-7-13(19-3)8-6-12/h5-8,17H,9-11H2,1-4H3. The molecule has 1 fully saturated rings. The Balaban J connectivity index is 2.25. The molecule has 0 radical (unpaired) electrons. The maximum atomic E-state index is 12.4. The number of carbonyl (C=O) groups is 1. The van der Waals surface area contributed by atoms with Crippen LogP contribution < -0.4 is 10.1 Å². The number of ether oxygens (including phenoxy) is 2. The van der Waals surface area contributed by atoms with E-state index in [0.717, 1.165) is 29.4 Å². The Labute approximate surface area is 130 Å². The second-order valence-corrected chi connectivity index (χ2v) is 7.25. The summed E-state index contributed by atoms with van der Waals surface area (Å²) < 4.78 is 10.2. The van der Waals surface area contributed by atoms with Crippen LogP contribution in [0.3, 0.4) is 0 Å². The number of esters is 1. The number of hydrogen-bond acceptors (Lipinski definition) is 5. The Bertz CT molecular complexity index is 501. The van der Waals surface area contributed by atoms with Gasteiger partial charge in [-0.1, -0.05) is 13.8 Å². The normalized spacial score (nSPS) is 24.2. The van der Waals surface area contributed by atoms with Crippen LogP contribution in [-0.4, -0.2) is 37.2 Å². The van der Waals surface area contributed by atoms with Crippen LogP contribution in [-0.2, 0) is 9.53 Å². The minimum absolute atomic E-state index is 0.0938. The number of hydrogen-bond donors (Lipinski definition) is 1. The predicted molar refractivity (Wildman–Crippen MR) is 87.1 cm³/mol. The van der Waals surface area contributed by atoms with Crippen molar-refractivity contribution in [2.45, 2.75) is 25.8 Å². The molecule has 1 aromatic carbocycles. The van der Waals surface area contributed by atoms with Gasteiger partial charge in [0.25, 0.3) is 0 Å². The van der Waals surface area contributed by atoms with Crippen molar-refractivity contribution in [2.24, 2.45) is 5.41 Å². The average Bonchev–Trinajstić information content (AvgIpc) is 2.46. The molecule has 1 heterocycles. The van der Waals surface area contributed by atoms with Crippen molar-refractivity contribution in [3.8, 4) is 5.75 Å². The molecule has 0 spiro atoms. The summed E-state index contributed by atoms with van der Waals surface area (Å²) in [5.74, 6) is 2.37. The highest BCUT2D eigenvalue weighted by Gasteiger charge is 2.47. The Morgan fingerprint density at radius 3 is 2.38 bits per heavy atom. The van der Waals surface area contributed by atoms with Crippen molar-refractivity contribution in [1.82, 2.24) is 0 Å². The zero-order valence-electron chi connectivity index (χ0n) is 13.1. The Kier molecular flexibility index (Phi) is 4.71. The van der Waals surface area contributed by atoms with E-state index in [1.54, 1.807) is 18.9 Å². The quantitative estimate of drug-likeness (QED) is 0.866. The van der Waals surface area contributed by atoms with E-state index < -0.39 is 5.54 Å². The summed E-state index contributed by atoms with van der Waals surface area (Å²) in [5.41, 5.74) is 0.325. The average molecular weight is 309 g/mol. The summed E-state index contributed by atoms with van der Waals surface area (Å²) in [4.78, 5) is 12.4. The molecule has 21 heavy (non-hydrogen) atoms. The number of methoxy groups -OCH3 is 2. The van der Waals surface area contributed by atoms with Gasteiger partial charge in [-0.15, -0.1) is 0 Å². The van der Waals surface area contributed by atoms with Gasteiger partial charge in [-0.3, -0.25) is 0 Å². The minimum Gasteiger partial charge on any atom is -0.497 e. The highest BCUT2D eigenvalue weighted by Crippen LogP contribution is 2.41. The lowest BCUT2D eigenvalue weighted by Gasteiger charge is -2.43. The first-order valence-electron chi connectivity index (χ1n) is 6.99. The Hall–Kier alpha value is -1.36. The summed E-state index contributed by atoms with van der Waals surface area (Å²) in [6.07, 6.45) is 0.756. The lowest BCUT2D eigenvalue weighted by molar-refractivity contribution is -0.146. The number of benzene rings is 1. The highest BCUT2D eigenvalue weighted by molar-refractivity contribution is 7.99. The van der Waals surface area contributed by atoms with E-state index in [1.807, 2.05) is 24.3 Å². The third-order valence-electron chi connectivity index (χ3n) is 3.67. The van der Waals surface area contributed by atoms with Crippen molar-refractivity contribution < 1.29 is 14.3 Å². The van der Waals surface area contributed by atoms with Crippen LogP contribution in [0.25, 0.3) is 0 Å². The highest BCUT2D eigenvalue weighted by atomic mass is 32.2. The summed E-state index contributed by atoms with van der Waals surface area (Å²) in [5, 5.41) is 3.40. The van der Waals surface area contributed by atoms with Gasteiger partial charge < -0.3 is 14.8 Å². The van der Waals surface area contributed by atoms with E-state index in [1.165, 1.54) is 7.11 Å². The van der Waals surface area contributed by atoms with Crippen molar-refractivity contribution in [1.29, 1.82) is 0 Å². The minimum atomic E-state index is -0.671. The van der Waals surface area contributed by atoms with Crippen LogP contribution in [0, 0.1) is 5.41 Å². The molecule has 2 rings (SSSR count). The maximum Gasteiger partial charge on any atom is 0.332 e. The monoisotopic (exact) mass is 309 g/mol. The van der Waals surface area contributed by atoms with Crippen LogP contribution in [0.4, 0.5) is 5.69 Å². The zero-order chi connectivity index (χ0) is 15.5. The predicted octanol–water partition coefficient (Wildman–Crippen LogP) is 3.18. The van der Waals surface area contributed by atoms with Gasteiger partial charge in [-0.05, 0) is 41.9 Å². The molecule has 116 valence electrons. The van der Waals surface area contributed by atoms with Gasteiger partial charge in [-0.25, -0.2) is 4.79 Å². The Morgan fingerprint density at radius 1 is 1.19 bits per heavy atom. The van der Waals surface area contributed by atoms with Crippen LogP contribution >= 0.6 is 11.8 Å². The molecule has 0 aliphatic carbocycles. The van der Waals surface area contributed by atoms with Gasteiger partial charge in [-0.2, -0.15) is 11.8 Å². The molecule has 1 saturated heterocycles. The lowest BCUT2D eigenvalue weighted by atomic mass is 9.79. The lowest BCUT2D eigenvalue weighted by Crippen LogP contribution is -2.55. The van der Waals surface area contributed by atoms with Gasteiger partial charge >= 0.3 is 5.97 Å². The topological polar surface area (TPSA) is 47.6 Å². The third kappa shape index (κ3) is 3.64. The summed E-state index contributed by atoms with van der Waals surface area (Å²) in [6, 6.07) is 7.62. The molecular weight excluding hydrogens is 286 g/mol. The van der Waals surface area contributed by atoms with E-state index in [-0.39, 0.29) is 11.4 Å². The van der Waals surface area contributed by atoms with Crippen molar-refractivity contribution in [3.05, 3.63) is 24.3 Å². The smallest absolute Gasteiger partial charge is 0.332 e. The summed E-state index contributed by atoms with van der Waals surface area (Å²) in [7, 11) is 3.09. The van der Waals surface area contributed by atoms with E-state index >= 15 is 0 Å². The fraction of sp³-hybridized carbons (Fsp3) is 0.562. The fourth-order valence-electron chi connectivity index (χ4n) is 2.83. The maximum absolute atomic E-state index is 12.4. The second kappa shape index (κ2) is 6.18. The molecule has 0 saturated carbocycles. The molecular formula is C16H23NO3S. The fourth-order valence-corrected chi connectivity index (χ4v) is 4.23. The molecule has 1 atom stereocenters. The van der Waals surface area contributed by atoms with Crippen LogP contribution in [0.5, 0.6) is 5.75 Å². The van der Waals surface area contributed by atoms with Crippen molar-refractivity contribution in [3.63, 3.8) is 0 Å². The molecule has 0 bridgehead atoms. The summed E-state index contributed by atoms with van der Waals surface area (Å²) >= 11 is 1.79. The largest absolute Gasteiger partial charge is 0.497 e. The van der Waals surface area contributed by atoms with Gasteiger partial charge in [0.2, 0.25) is 0 Å². The second-order valence-electron chi connectivity index (χ2n) is 6.26. The molecule has 0 aromatic heterocycles. The van der Waals surface area contributed by atoms with Crippen molar-refractivity contribution >= 4 is 23.4 Å². The zero-order valence-corrected chi connectivity index (χ0v) is 13.9. The van der Waals surface area contributed by atoms with Crippen molar-refractivity contribution in [2.75, 3.05) is 31.0 Å².